The number of aromatic nitrogens is 1. The molecular weight excluding hydrogens is 440 g/mol. The quantitative estimate of drug-likeness (QED) is 0.212. The summed E-state index contributed by atoms with van der Waals surface area (Å²) in [6.07, 6.45) is 6.63. The van der Waals surface area contributed by atoms with Gasteiger partial charge in [0.15, 0.2) is 5.60 Å². The summed E-state index contributed by atoms with van der Waals surface area (Å²) in [5.74, 6) is 1.19. The highest BCUT2D eigenvalue weighted by molar-refractivity contribution is 7.85. The number of pyridine rings is 1. The van der Waals surface area contributed by atoms with E-state index in [1.165, 1.54) is 32.0 Å². The average Bonchev–Trinajstić information content (AvgIpc) is 3.57. The zero-order valence-electron chi connectivity index (χ0n) is 18.8. The van der Waals surface area contributed by atoms with Crippen LogP contribution in [0.4, 0.5) is 0 Å². The lowest BCUT2D eigenvalue weighted by Crippen LogP contribution is -2.76. The fourth-order valence-corrected chi connectivity index (χ4v) is 4.33. The standard InChI is InChI=1S/C21H32N2O8S/c1-27-14-23-19(8-11-31-32(3,25)26)21(20(23)24,30-15-28-2)13-17-12-18(6-9-22-17)29-10-7-16-4-5-16/h6,9,12,16,19H,4-5,7-8,10-11,13-15H2,1-3H3/t19-,21+/m0/s1. The van der Waals surface area contributed by atoms with Gasteiger partial charge in [0.1, 0.15) is 19.3 Å². The first-order chi connectivity index (χ1) is 15.3. The molecule has 0 aromatic carbocycles. The van der Waals surface area contributed by atoms with E-state index in [0.717, 1.165) is 18.6 Å². The second-order valence-corrected chi connectivity index (χ2v) is 9.85. The van der Waals surface area contributed by atoms with Gasteiger partial charge in [-0.1, -0.05) is 12.8 Å². The molecule has 1 amide bonds. The van der Waals surface area contributed by atoms with Crippen molar-refractivity contribution in [2.45, 2.75) is 43.7 Å². The Bertz CT molecular complexity index is 876. The summed E-state index contributed by atoms with van der Waals surface area (Å²) in [6.45, 7) is 0.504. The highest BCUT2D eigenvalue weighted by Gasteiger charge is 2.61. The average molecular weight is 473 g/mol. The smallest absolute Gasteiger partial charge is 0.264 e. The third-order valence-corrected chi connectivity index (χ3v) is 6.25. The van der Waals surface area contributed by atoms with Gasteiger partial charge in [0.2, 0.25) is 0 Å². The van der Waals surface area contributed by atoms with Crippen LogP contribution >= 0.6 is 0 Å². The molecule has 2 atom stereocenters. The highest BCUT2D eigenvalue weighted by atomic mass is 32.2. The van der Waals surface area contributed by atoms with Crippen LogP contribution in [-0.2, 0) is 39.7 Å². The largest absolute Gasteiger partial charge is 0.493 e. The van der Waals surface area contributed by atoms with Crippen molar-refractivity contribution in [3.63, 3.8) is 0 Å². The molecule has 11 heteroatoms. The van der Waals surface area contributed by atoms with E-state index in [1.807, 2.05) is 0 Å². The molecule has 0 radical (unpaired) electrons. The molecule has 10 nitrogen and oxygen atoms in total. The first-order valence-corrected chi connectivity index (χ1v) is 12.5. The number of ether oxygens (including phenoxy) is 4. The predicted octanol–water partition coefficient (Wildman–Crippen LogP) is 1.34. The van der Waals surface area contributed by atoms with Crippen LogP contribution < -0.4 is 4.74 Å². The van der Waals surface area contributed by atoms with Gasteiger partial charge in [0.05, 0.1) is 25.5 Å². The minimum Gasteiger partial charge on any atom is -0.493 e. The predicted molar refractivity (Wildman–Crippen MR) is 114 cm³/mol. The highest BCUT2D eigenvalue weighted by Crippen LogP contribution is 2.40. The lowest BCUT2D eigenvalue weighted by atomic mass is 9.77. The lowest BCUT2D eigenvalue weighted by Gasteiger charge is -2.54. The molecule has 1 aliphatic carbocycles. The molecule has 0 N–H and O–H groups in total. The molecule has 2 aliphatic rings. The first-order valence-electron chi connectivity index (χ1n) is 10.6. The van der Waals surface area contributed by atoms with E-state index in [-0.39, 0.29) is 38.9 Å². The van der Waals surface area contributed by atoms with Gasteiger partial charge in [0, 0.05) is 38.6 Å². The molecule has 32 heavy (non-hydrogen) atoms. The van der Waals surface area contributed by atoms with Crippen molar-refractivity contribution >= 4 is 16.0 Å². The van der Waals surface area contributed by atoms with Crippen molar-refractivity contribution in [1.29, 1.82) is 0 Å². The molecule has 1 saturated heterocycles. The summed E-state index contributed by atoms with van der Waals surface area (Å²) in [4.78, 5) is 19.0. The molecule has 2 fully saturated rings. The third-order valence-electron chi connectivity index (χ3n) is 5.65. The zero-order valence-corrected chi connectivity index (χ0v) is 19.6. The number of methoxy groups -OCH3 is 2. The number of carbonyl (C=O) groups is 1. The summed E-state index contributed by atoms with van der Waals surface area (Å²) < 4.78 is 49.7. The van der Waals surface area contributed by atoms with Crippen LogP contribution in [0.25, 0.3) is 0 Å². The summed E-state index contributed by atoms with van der Waals surface area (Å²) in [5.41, 5.74) is -0.640. The van der Waals surface area contributed by atoms with E-state index >= 15 is 0 Å². The lowest BCUT2D eigenvalue weighted by molar-refractivity contribution is -0.234. The van der Waals surface area contributed by atoms with Crippen LogP contribution in [0.2, 0.25) is 0 Å². The van der Waals surface area contributed by atoms with Gasteiger partial charge in [-0.25, -0.2) is 0 Å². The van der Waals surface area contributed by atoms with E-state index in [1.54, 1.807) is 18.3 Å². The number of amides is 1. The Morgan fingerprint density at radius 1 is 1.19 bits per heavy atom. The van der Waals surface area contributed by atoms with E-state index in [9.17, 15) is 13.2 Å². The van der Waals surface area contributed by atoms with Gasteiger partial charge in [-0.2, -0.15) is 8.42 Å². The minimum atomic E-state index is -3.61. The van der Waals surface area contributed by atoms with Gasteiger partial charge in [-0.05, 0) is 24.8 Å². The molecule has 2 heterocycles. The summed E-state index contributed by atoms with van der Waals surface area (Å²) >= 11 is 0. The number of hydrogen-bond donors (Lipinski definition) is 0. The molecule has 0 unspecified atom stereocenters. The van der Waals surface area contributed by atoms with E-state index in [0.29, 0.717) is 18.1 Å². The second kappa shape index (κ2) is 10.9. The first kappa shape index (κ1) is 24.8. The van der Waals surface area contributed by atoms with Crippen molar-refractivity contribution in [3.05, 3.63) is 24.0 Å². The third kappa shape index (κ3) is 6.38. The summed E-state index contributed by atoms with van der Waals surface area (Å²) in [5, 5.41) is 0. The van der Waals surface area contributed by atoms with Crippen LogP contribution in [0.1, 0.15) is 31.4 Å². The minimum absolute atomic E-state index is 0.0538. The van der Waals surface area contributed by atoms with Crippen molar-refractivity contribution in [3.8, 4) is 5.75 Å². The Kier molecular flexibility index (Phi) is 8.45. The van der Waals surface area contributed by atoms with Crippen molar-refractivity contribution < 1.29 is 36.3 Å². The number of carbonyl (C=O) groups excluding carboxylic acids is 1. The molecular formula is C21H32N2O8S. The number of nitrogens with zero attached hydrogens (tertiary/aromatic N) is 2. The fraction of sp³-hybridized carbons (Fsp3) is 0.714. The van der Waals surface area contributed by atoms with Crippen molar-refractivity contribution in [1.82, 2.24) is 9.88 Å². The maximum Gasteiger partial charge on any atom is 0.264 e. The Labute approximate surface area is 189 Å². The van der Waals surface area contributed by atoms with E-state index in [4.69, 9.17) is 23.1 Å². The molecule has 1 saturated carbocycles. The van der Waals surface area contributed by atoms with Crippen molar-refractivity contribution in [2.24, 2.45) is 5.92 Å². The van der Waals surface area contributed by atoms with Crippen LogP contribution in [-0.4, -0.2) is 83.1 Å². The second-order valence-electron chi connectivity index (χ2n) is 8.20. The molecule has 3 rings (SSSR count). The monoisotopic (exact) mass is 472 g/mol. The number of β-lactam (4-membered cyclic amide) rings is 1. The van der Waals surface area contributed by atoms with Crippen LogP contribution in [0, 0.1) is 5.92 Å². The Balaban J connectivity index is 1.75. The van der Waals surface area contributed by atoms with Gasteiger partial charge >= 0.3 is 0 Å². The Morgan fingerprint density at radius 3 is 2.62 bits per heavy atom. The topological polar surface area (TPSA) is 113 Å². The maximum absolute atomic E-state index is 13.1. The molecule has 180 valence electrons. The Morgan fingerprint density at radius 2 is 1.97 bits per heavy atom. The van der Waals surface area contributed by atoms with E-state index in [2.05, 4.69) is 4.98 Å². The SMILES string of the molecule is COCO[C@@]1(Cc2cc(OCCC3CC3)ccn2)C(=O)N(COC)[C@H]1CCOS(C)(=O)=O. The van der Waals surface area contributed by atoms with Gasteiger partial charge < -0.3 is 23.8 Å². The van der Waals surface area contributed by atoms with Crippen LogP contribution in [0.5, 0.6) is 5.75 Å². The van der Waals surface area contributed by atoms with Crippen molar-refractivity contribution in [2.75, 3.05) is 47.2 Å². The zero-order chi connectivity index (χ0) is 23.2. The normalized spacial score (nSPS) is 23.3. The number of hydrogen-bond acceptors (Lipinski definition) is 9. The Hall–Kier alpha value is -1.79. The molecule has 0 bridgehead atoms. The van der Waals surface area contributed by atoms with Crippen LogP contribution in [0.3, 0.4) is 0 Å². The number of rotatable bonds is 15. The van der Waals surface area contributed by atoms with Crippen LogP contribution in [0.15, 0.2) is 18.3 Å². The molecule has 1 aromatic heterocycles. The van der Waals surface area contributed by atoms with Gasteiger partial charge in [0.25, 0.3) is 16.0 Å². The molecule has 1 aromatic rings. The summed E-state index contributed by atoms with van der Waals surface area (Å²) in [6, 6.07) is 3.12. The summed E-state index contributed by atoms with van der Waals surface area (Å²) in [7, 11) is -0.652. The van der Waals surface area contributed by atoms with Gasteiger partial charge in [-0.15, -0.1) is 0 Å². The van der Waals surface area contributed by atoms with Gasteiger partial charge in [-0.3, -0.25) is 14.0 Å². The maximum atomic E-state index is 13.1. The fourth-order valence-electron chi connectivity index (χ4n) is 3.93. The van der Waals surface area contributed by atoms with E-state index < -0.39 is 21.8 Å². The molecule has 0 spiro atoms. The number of likely N-dealkylation sites (tertiary alicyclic amines) is 1. The molecule has 1 aliphatic heterocycles.